The van der Waals surface area contributed by atoms with E-state index in [0.29, 0.717) is 0 Å². The molecule has 0 bridgehead atoms. The van der Waals surface area contributed by atoms with E-state index in [0.717, 1.165) is 12.8 Å². The SMILES string of the molecule is C1=C(/C=C/c2ccc(/C=C/c3ccc(/C=C/c4ccc5c(c4)C4(c6ccccc6-c6ccccc64)c4ccccc4C54c5ccccc5-c5ccccc54)cc3)cc2)CCC2=C1C1(CCCC1)c1cc(N(c3ccccc3)c3ccccc3)ccc12. The van der Waals surface area contributed by atoms with Gasteiger partial charge in [-0.05, 0) is 191 Å². The summed E-state index contributed by atoms with van der Waals surface area (Å²) in [5.41, 5.74) is 32.3. The van der Waals surface area contributed by atoms with Crippen LogP contribution in [0.5, 0.6) is 0 Å². The van der Waals surface area contributed by atoms with E-state index in [1.807, 2.05) is 0 Å². The van der Waals surface area contributed by atoms with Gasteiger partial charge in [0, 0.05) is 22.5 Å². The number of hydrogen-bond donors (Lipinski definition) is 0. The zero-order valence-corrected chi connectivity index (χ0v) is 48.1. The minimum Gasteiger partial charge on any atom is -0.310 e. The topological polar surface area (TPSA) is 3.24 Å². The lowest BCUT2D eigenvalue weighted by molar-refractivity contribution is 0.543. The van der Waals surface area contributed by atoms with Gasteiger partial charge in [0.05, 0.1) is 10.8 Å². The lowest BCUT2D eigenvalue weighted by Gasteiger charge is -2.49. The lowest BCUT2D eigenvalue weighted by Crippen LogP contribution is -2.43. The predicted molar refractivity (Wildman–Crippen MR) is 360 cm³/mol. The largest absolute Gasteiger partial charge is 0.310 e. The Hall–Kier alpha value is -10.1. The van der Waals surface area contributed by atoms with Gasteiger partial charge in [-0.2, -0.15) is 0 Å². The highest BCUT2D eigenvalue weighted by Gasteiger charge is 2.59. The van der Waals surface area contributed by atoms with Gasteiger partial charge in [0.15, 0.2) is 0 Å². The molecule has 17 rings (SSSR count). The number of allylic oxidation sites excluding steroid dienone is 5. The minimum absolute atomic E-state index is 0.0883. The summed E-state index contributed by atoms with van der Waals surface area (Å²) in [5.74, 6) is 0. The number of rotatable bonds is 9. The molecule has 0 aromatic heterocycles. The van der Waals surface area contributed by atoms with Crippen molar-refractivity contribution in [3.8, 4) is 22.3 Å². The highest BCUT2D eigenvalue weighted by atomic mass is 15.1. The maximum Gasteiger partial charge on any atom is 0.0720 e. The zero-order chi connectivity index (χ0) is 56.8. The van der Waals surface area contributed by atoms with Gasteiger partial charge in [-0.25, -0.2) is 0 Å². The average molecular weight is 1100 g/mol. The fraction of sp³-hybridized carbons (Fsp3) is 0.106. The summed E-state index contributed by atoms with van der Waals surface area (Å²) in [7, 11) is 0. The van der Waals surface area contributed by atoms with Gasteiger partial charge in [0.2, 0.25) is 0 Å². The Morgan fingerprint density at radius 1 is 0.279 bits per heavy atom. The van der Waals surface area contributed by atoms with Gasteiger partial charge in [-0.1, -0.05) is 280 Å². The summed E-state index contributed by atoms with van der Waals surface area (Å²) < 4.78 is 0. The molecule has 11 aromatic rings. The van der Waals surface area contributed by atoms with Crippen LogP contribution in [-0.2, 0) is 16.2 Å². The number of nitrogens with zero attached hydrogens (tertiary/aromatic N) is 1. The molecule has 0 unspecified atom stereocenters. The molecule has 0 amide bonds. The summed E-state index contributed by atoms with van der Waals surface area (Å²) >= 11 is 0. The third-order valence-corrected chi connectivity index (χ3v) is 20.2. The van der Waals surface area contributed by atoms with Crippen molar-refractivity contribution in [3.05, 3.63) is 374 Å². The van der Waals surface area contributed by atoms with Crippen molar-refractivity contribution in [2.24, 2.45) is 0 Å². The predicted octanol–water partition coefficient (Wildman–Crippen LogP) is 21.5. The molecule has 0 N–H and O–H groups in total. The van der Waals surface area contributed by atoms with Crippen molar-refractivity contribution in [1.82, 2.24) is 0 Å². The van der Waals surface area contributed by atoms with Crippen LogP contribution >= 0.6 is 0 Å². The zero-order valence-electron chi connectivity index (χ0n) is 48.1. The molecular formula is C85H63N. The third kappa shape index (κ3) is 7.57. The second-order valence-electron chi connectivity index (χ2n) is 24.5. The molecule has 0 aliphatic heterocycles. The van der Waals surface area contributed by atoms with E-state index >= 15 is 0 Å². The van der Waals surface area contributed by atoms with Crippen molar-refractivity contribution in [2.45, 2.75) is 54.8 Å². The van der Waals surface area contributed by atoms with Crippen molar-refractivity contribution < 1.29 is 0 Å². The smallest absolute Gasteiger partial charge is 0.0720 e. The first-order valence-electron chi connectivity index (χ1n) is 31.0. The minimum atomic E-state index is -0.508. The van der Waals surface area contributed by atoms with E-state index in [9.17, 15) is 0 Å². The molecule has 0 atom stereocenters. The Morgan fingerprint density at radius 2 is 0.674 bits per heavy atom. The Labute approximate surface area is 505 Å². The maximum atomic E-state index is 2.57. The average Bonchev–Trinajstić information content (AvgIpc) is 1.40. The molecule has 1 fully saturated rings. The van der Waals surface area contributed by atoms with Crippen molar-refractivity contribution in [2.75, 3.05) is 4.90 Å². The van der Waals surface area contributed by atoms with E-state index in [1.165, 1.54) is 154 Å². The number of para-hydroxylation sites is 2. The molecule has 3 spiro atoms. The first kappa shape index (κ1) is 50.4. The first-order chi connectivity index (χ1) is 42.6. The van der Waals surface area contributed by atoms with E-state index in [1.54, 1.807) is 11.1 Å². The van der Waals surface area contributed by atoms with Crippen LogP contribution in [0.25, 0.3) is 58.2 Å². The Morgan fingerprint density at radius 3 is 1.16 bits per heavy atom. The van der Waals surface area contributed by atoms with Crippen LogP contribution in [0.1, 0.15) is 122 Å². The molecule has 1 saturated carbocycles. The molecule has 0 saturated heterocycles. The Kier molecular flexibility index (Phi) is 11.8. The van der Waals surface area contributed by atoms with Gasteiger partial charge >= 0.3 is 0 Å². The second-order valence-corrected chi connectivity index (χ2v) is 24.5. The standard InChI is InChI=1S/C85H63N/c1-3-19-64(20-4-1)86(65-21-5-2-6-22-65)66-49-51-72-71-50-47-62(55-80(71)83(81(72)57-66)53-17-18-54-83)45-43-60-39-35-58(36-40-60)33-34-59-37-41-61(42-38-59)44-46-63-48-52-79-82(56-63)85(75-29-13-9-25-69(75)70-26-10-14-30-76(70)85)78-32-16-15-31-77(78)84(79)73-27-11-7-23-67(73)68-24-8-12-28-74(68)84/h1-16,19-46,48-49,51-52,55-57H,17-18,47,50,53-54H2/b34-33+,45-43+,46-44+. The van der Waals surface area contributed by atoms with Crippen LogP contribution in [-0.4, -0.2) is 0 Å². The van der Waals surface area contributed by atoms with Crippen LogP contribution in [0, 0.1) is 0 Å². The second kappa shape index (κ2) is 20.0. The van der Waals surface area contributed by atoms with Crippen molar-refractivity contribution in [3.63, 3.8) is 0 Å². The summed E-state index contributed by atoms with van der Waals surface area (Å²) in [5, 5.41) is 0. The molecule has 6 aliphatic carbocycles. The molecule has 408 valence electrons. The molecule has 6 aliphatic rings. The van der Waals surface area contributed by atoms with Crippen LogP contribution in [0.2, 0.25) is 0 Å². The molecule has 1 heteroatoms. The van der Waals surface area contributed by atoms with Gasteiger partial charge in [0.25, 0.3) is 0 Å². The summed E-state index contributed by atoms with van der Waals surface area (Å²) in [6.45, 7) is 0. The van der Waals surface area contributed by atoms with Crippen LogP contribution in [0.3, 0.4) is 0 Å². The molecule has 0 heterocycles. The van der Waals surface area contributed by atoms with Crippen LogP contribution in [0.15, 0.2) is 290 Å². The van der Waals surface area contributed by atoms with E-state index in [2.05, 4.69) is 314 Å². The molecule has 86 heavy (non-hydrogen) atoms. The van der Waals surface area contributed by atoms with E-state index in [4.69, 9.17) is 0 Å². The fourth-order valence-corrected chi connectivity index (χ4v) is 16.6. The monoisotopic (exact) mass is 1100 g/mol. The van der Waals surface area contributed by atoms with Crippen molar-refractivity contribution >= 4 is 53.0 Å². The molecule has 1 nitrogen and oxygen atoms in total. The number of fused-ring (bicyclic) bond motifs is 20. The summed E-state index contributed by atoms with van der Waals surface area (Å²) in [6.07, 6.45) is 23.5. The number of benzene rings is 11. The van der Waals surface area contributed by atoms with Gasteiger partial charge < -0.3 is 4.90 Å². The van der Waals surface area contributed by atoms with Crippen LogP contribution in [0.4, 0.5) is 17.1 Å². The summed E-state index contributed by atoms with van der Waals surface area (Å²) in [4.78, 5) is 2.42. The van der Waals surface area contributed by atoms with Gasteiger partial charge in [-0.3, -0.25) is 0 Å². The Balaban J connectivity index is 0.631. The van der Waals surface area contributed by atoms with Crippen LogP contribution < -0.4 is 4.90 Å². The lowest BCUT2D eigenvalue weighted by atomic mass is 9.52. The Bertz CT molecular complexity index is 4540. The molecule has 0 radical (unpaired) electrons. The highest BCUT2D eigenvalue weighted by molar-refractivity contribution is 5.95. The molecule has 11 aromatic carbocycles. The summed E-state index contributed by atoms with van der Waals surface area (Å²) in [6, 6.07) is 100. The fourth-order valence-electron chi connectivity index (χ4n) is 16.6. The normalized spacial score (nSPS) is 16.5. The highest BCUT2D eigenvalue weighted by Crippen LogP contribution is 2.68. The van der Waals surface area contributed by atoms with E-state index < -0.39 is 10.8 Å². The van der Waals surface area contributed by atoms with Crippen molar-refractivity contribution in [1.29, 1.82) is 0 Å². The van der Waals surface area contributed by atoms with E-state index in [-0.39, 0.29) is 5.41 Å². The number of hydrogen-bond acceptors (Lipinski definition) is 1. The van der Waals surface area contributed by atoms with Gasteiger partial charge in [0.1, 0.15) is 0 Å². The first-order valence-corrected chi connectivity index (χ1v) is 31.0. The number of anilines is 3. The molecular weight excluding hydrogens is 1030 g/mol. The maximum absolute atomic E-state index is 2.57. The third-order valence-electron chi connectivity index (χ3n) is 20.2. The van der Waals surface area contributed by atoms with Gasteiger partial charge in [-0.15, -0.1) is 0 Å². The quantitative estimate of drug-likeness (QED) is 0.130.